The number of rotatable bonds is 5. The van der Waals surface area contributed by atoms with Crippen molar-refractivity contribution in [3.05, 3.63) is 47.5 Å². The van der Waals surface area contributed by atoms with Gasteiger partial charge in [-0.25, -0.2) is 4.98 Å². The van der Waals surface area contributed by atoms with Crippen LogP contribution in [0.5, 0.6) is 11.5 Å². The van der Waals surface area contributed by atoms with Gasteiger partial charge in [0.1, 0.15) is 11.5 Å². The number of hydrogen-bond donors (Lipinski definition) is 2. The molecule has 1 amide bonds. The van der Waals surface area contributed by atoms with Crippen LogP contribution in [0.4, 0.5) is 5.13 Å². The molecule has 3 aromatic rings. The van der Waals surface area contributed by atoms with Crippen molar-refractivity contribution in [1.82, 2.24) is 10.4 Å². The van der Waals surface area contributed by atoms with Crippen molar-refractivity contribution in [3.63, 3.8) is 0 Å². The average Bonchev–Trinajstić information content (AvgIpc) is 3.00. The normalized spacial score (nSPS) is 10.5. The molecule has 0 atom stereocenters. The molecule has 7 heteroatoms. The zero-order chi connectivity index (χ0) is 17.1. The maximum absolute atomic E-state index is 12.3. The number of amides is 1. The number of ether oxygens (including phenoxy) is 2. The number of hydrazine groups is 1. The Hall–Kier alpha value is -2.80. The van der Waals surface area contributed by atoms with Crippen LogP contribution < -0.4 is 20.3 Å². The summed E-state index contributed by atoms with van der Waals surface area (Å²) in [5.41, 5.74) is 7.96. The molecule has 1 aromatic heterocycles. The summed E-state index contributed by atoms with van der Waals surface area (Å²) in [4.78, 5) is 16.8. The molecule has 0 aliphatic rings. The van der Waals surface area contributed by atoms with Crippen LogP contribution in [0.3, 0.4) is 0 Å². The minimum Gasteiger partial charge on any atom is -0.497 e. The fourth-order valence-corrected chi connectivity index (χ4v) is 3.17. The van der Waals surface area contributed by atoms with E-state index >= 15 is 0 Å². The second-order valence-corrected chi connectivity index (χ2v) is 6.17. The van der Waals surface area contributed by atoms with E-state index in [-0.39, 0.29) is 5.91 Å². The van der Waals surface area contributed by atoms with E-state index < -0.39 is 0 Å². The van der Waals surface area contributed by atoms with Gasteiger partial charge in [-0.15, -0.1) is 0 Å². The summed E-state index contributed by atoms with van der Waals surface area (Å²) in [6, 6.07) is 11.0. The van der Waals surface area contributed by atoms with Gasteiger partial charge in [0.15, 0.2) is 0 Å². The summed E-state index contributed by atoms with van der Waals surface area (Å²) >= 11 is 1.48. The number of anilines is 1. The lowest BCUT2D eigenvalue weighted by atomic mass is 10.2. The van der Waals surface area contributed by atoms with E-state index in [1.165, 1.54) is 24.0 Å². The highest BCUT2D eigenvalue weighted by atomic mass is 32.1. The monoisotopic (exact) mass is 343 g/mol. The number of nitrogens with one attached hydrogen (secondary N) is 2. The molecule has 3 rings (SSSR count). The van der Waals surface area contributed by atoms with Crippen LogP contribution in [-0.2, 0) is 0 Å². The fraction of sp³-hybridized carbons (Fsp3) is 0.176. The van der Waals surface area contributed by atoms with Gasteiger partial charge >= 0.3 is 0 Å². The zero-order valence-corrected chi connectivity index (χ0v) is 14.4. The zero-order valence-electron chi connectivity index (χ0n) is 13.5. The summed E-state index contributed by atoms with van der Waals surface area (Å²) in [5.74, 6) is 0.747. The van der Waals surface area contributed by atoms with E-state index in [0.29, 0.717) is 22.2 Å². The largest absolute Gasteiger partial charge is 0.497 e. The van der Waals surface area contributed by atoms with Gasteiger partial charge in [-0.2, -0.15) is 0 Å². The first-order valence-corrected chi connectivity index (χ1v) is 8.08. The number of carbonyl (C=O) groups is 1. The lowest BCUT2D eigenvalue weighted by Gasteiger charge is -2.10. The Morgan fingerprint density at radius 2 is 1.96 bits per heavy atom. The van der Waals surface area contributed by atoms with Crippen molar-refractivity contribution in [2.75, 3.05) is 19.6 Å². The minimum atomic E-state index is -0.315. The van der Waals surface area contributed by atoms with Crippen LogP contribution in [0.25, 0.3) is 10.2 Å². The summed E-state index contributed by atoms with van der Waals surface area (Å²) < 4.78 is 11.4. The van der Waals surface area contributed by atoms with Crippen LogP contribution in [0.2, 0.25) is 0 Å². The van der Waals surface area contributed by atoms with Crippen molar-refractivity contribution in [1.29, 1.82) is 0 Å². The molecule has 0 saturated carbocycles. The van der Waals surface area contributed by atoms with E-state index in [1.54, 1.807) is 25.3 Å². The summed E-state index contributed by atoms with van der Waals surface area (Å²) in [6.45, 7) is 2.03. The van der Waals surface area contributed by atoms with Gasteiger partial charge in [0.05, 0.1) is 30.0 Å². The Morgan fingerprint density at radius 3 is 2.71 bits per heavy atom. The molecule has 1 heterocycles. The molecule has 0 spiro atoms. The highest BCUT2D eigenvalue weighted by molar-refractivity contribution is 7.22. The Balaban J connectivity index is 1.74. The number of benzene rings is 2. The second kappa shape index (κ2) is 6.76. The number of carbonyl (C=O) groups excluding carboxylic acids is 1. The highest BCUT2D eigenvalue weighted by Gasteiger charge is 2.14. The molecule has 0 bridgehead atoms. The van der Waals surface area contributed by atoms with E-state index in [0.717, 1.165) is 10.2 Å². The van der Waals surface area contributed by atoms with Gasteiger partial charge in [-0.05, 0) is 36.8 Å². The van der Waals surface area contributed by atoms with E-state index in [2.05, 4.69) is 21.9 Å². The minimum absolute atomic E-state index is 0.315. The van der Waals surface area contributed by atoms with Crippen LogP contribution >= 0.6 is 11.3 Å². The van der Waals surface area contributed by atoms with Crippen LogP contribution in [-0.4, -0.2) is 25.1 Å². The first-order chi connectivity index (χ1) is 11.6. The molecule has 2 aromatic carbocycles. The van der Waals surface area contributed by atoms with Crippen molar-refractivity contribution >= 4 is 32.6 Å². The van der Waals surface area contributed by atoms with Crippen molar-refractivity contribution in [2.24, 2.45) is 0 Å². The molecule has 0 radical (unpaired) electrons. The Labute approximate surface area is 143 Å². The first kappa shape index (κ1) is 16.1. The predicted octanol–water partition coefficient (Wildman–Crippen LogP) is 3.38. The first-order valence-electron chi connectivity index (χ1n) is 7.26. The third kappa shape index (κ3) is 3.26. The Kier molecular flexibility index (Phi) is 4.52. The average molecular weight is 343 g/mol. The molecular weight excluding hydrogens is 326 g/mol. The second-order valence-electron chi connectivity index (χ2n) is 5.14. The maximum Gasteiger partial charge on any atom is 0.273 e. The van der Waals surface area contributed by atoms with Gasteiger partial charge in [-0.3, -0.25) is 15.6 Å². The lowest BCUT2D eigenvalue weighted by Crippen LogP contribution is -2.29. The summed E-state index contributed by atoms with van der Waals surface area (Å²) in [7, 11) is 3.07. The highest BCUT2D eigenvalue weighted by Crippen LogP contribution is 2.27. The maximum atomic E-state index is 12.3. The number of aromatic nitrogens is 1. The molecular formula is C17H17N3O3S. The molecule has 0 fully saturated rings. The number of fused-ring (bicyclic) bond motifs is 1. The number of thiazole rings is 1. The fourth-order valence-electron chi connectivity index (χ4n) is 2.25. The summed E-state index contributed by atoms with van der Waals surface area (Å²) in [6.07, 6.45) is 0. The topological polar surface area (TPSA) is 72.5 Å². The molecule has 124 valence electrons. The third-order valence-corrected chi connectivity index (χ3v) is 4.41. The van der Waals surface area contributed by atoms with Gasteiger partial charge in [0.25, 0.3) is 5.91 Å². The van der Waals surface area contributed by atoms with Gasteiger partial charge in [0, 0.05) is 6.07 Å². The van der Waals surface area contributed by atoms with Crippen molar-refractivity contribution < 1.29 is 14.3 Å². The molecule has 2 N–H and O–H groups in total. The van der Waals surface area contributed by atoms with Crippen molar-refractivity contribution in [3.8, 4) is 11.5 Å². The van der Waals surface area contributed by atoms with E-state index in [1.807, 2.05) is 19.1 Å². The lowest BCUT2D eigenvalue weighted by molar-refractivity contribution is 0.0959. The van der Waals surface area contributed by atoms with Gasteiger partial charge in [0.2, 0.25) is 5.13 Å². The van der Waals surface area contributed by atoms with Crippen molar-refractivity contribution in [2.45, 2.75) is 6.92 Å². The van der Waals surface area contributed by atoms with Crippen LogP contribution in [0.1, 0.15) is 15.9 Å². The van der Waals surface area contributed by atoms with E-state index in [9.17, 15) is 4.79 Å². The van der Waals surface area contributed by atoms with Crippen LogP contribution in [0.15, 0.2) is 36.4 Å². The third-order valence-electron chi connectivity index (χ3n) is 3.48. The quantitative estimate of drug-likeness (QED) is 0.695. The standard InChI is InChI=1S/C17H17N3O3S/c1-10-4-7-13-15(8-10)24-17(18-13)20-19-16(21)12-6-5-11(22-2)9-14(12)23-3/h4-9H,1-3H3,(H,18,20)(H,19,21). The number of methoxy groups -OCH3 is 2. The molecule has 0 unspecified atom stereocenters. The van der Waals surface area contributed by atoms with Gasteiger partial charge < -0.3 is 9.47 Å². The number of nitrogens with zero attached hydrogens (tertiary/aromatic N) is 1. The van der Waals surface area contributed by atoms with Gasteiger partial charge in [-0.1, -0.05) is 17.4 Å². The Bertz CT molecular complexity index is 892. The smallest absolute Gasteiger partial charge is 0.273 e. The Morgan fingerprint density at radius 1 is 1.12 bits per heavy atom. The van der Waals surface area contributed by atoms with Crippen LogP contribution in [0, 0.1) is 6.92 Å². The molecule has 0 aliphatic heterocycles. The summed E-state index contributed by atoms with van der Waals surface area (Å²) in [5, 5.41) is 0.622. The predicted molar refractivity (Wildman–Crippen MR) is 95.0 cm³/mol. The molecule has 6 nitrogen and oxygen atoms in total. The van der Waals surface area contributed by atoms with E-state index in [4.69, 9.17) is 9.47 Å². The SMILES string of the molecule is COc1ccc(C(=O)NNc2nc3ccc(C)cc3s2)c(OC)c1. The number of hydrogen-bond acceptors (Lipinski definition) is 6. The number of aryl methyl sites for hydroxylation is 1. The molecule has 24 heavy (non-hydrogen) atoms. The molecule has 0 aliphatic carbocycles. The molecule has 0 saturated heterocycles.